The van der Waals surface area contributed by atoms with Crippen molar-refractivity contribution in [1.29, 1.82) is 0 Å². The third-order valence-electron chi connectivity index (χ3n) is 0. The smallest absolute Gasteiger partial charge is 2.00 e. The average Bonchev–Trinajstić information content (AvgIpc) is 1.36. The number of phosphoric acid groups is 1. The van der Waals surface area contributed by atoms with Gasteiger partial charge < -0.3 is 19.2 Å². The SMILES string of the molecule is O=P([O-])([O-])[O-].[Ca+2].[O]=[Ag].[Zn+2]. The summed E-state index contributed by atoms with van der Waals surface area (Å²) in [7, 11) is -5.39. The van der Waals surface area contributed by atoms with Crippen LogP contribution in [0.4, 0.5) is 0 Å². The molecule has 0 saturated heterocycles. The topological polar surface area (TPSA) is 103 Å². The quantitative estimate of drug-likeness (QED) is 0.342. The Hall–Kier alpha value is 2.53. The van der Waals surface area contributed by atoms with Gasteiger partial charge in [0, 0.05) is 0 Å². The molecule has 0 unspecified atom stereocenters. The predicted octanol–water partition coefficient (Wildman–Crippen LogP) is -3.33. The van der Waals surface area contributed by atoms with Crippen LogP contribution in [0.15, 0.2) is 0 Å². The molecule has 0 bridgehead atoms. The maximum absolute atomic E-state index is 8.55. The van der Waals surface area contributed by atoms with E-state index in [1.165, 1.54) is 0 Å². The van der Waals surface area contributed by atoms with Gasteiger partial charge in [0.05, 0.1) is 0 Å². The third kappa shape index (κ3) is 120. The minimum absolute atomic E-state index is 0. The summed E-state index contributed by atoms with van der Waals surface area (Å²) in [6, 6.07) is 0. The summed E-state index contributed by atoms with van der Waals surface area (Å²) in [4.78, 5) is 25.6. The monoisotopic (exact) mass is 322 g/mol. The van der Waals surface area contributed by atoms with Gasteiger partial charge in [-0.1, -0.05) is 0 Å². The maximum atomic E-state index is 8.55. The van der Waals surface area contributed by atoms with E-state index in [4.69, 9.17) is 22.5 Å². The zero-order chi connectivity index (χ0) is 6.50. The Balaban J connectivity index is -0.0000000286. The van der Waals surface area contributed by atoms with Crippen LogP contribution in [0.25, 0.3) is 0 Å². The molecule has 0 amide bonds. The maximum Gasteiger partial charge on any atom is 2.00 e. The van der Waals surface area contributed by atoms with E-state index < -0.39 is 7.82 Å². The van der Waals surface area contributed by atoms with Gasteiger partial charge in [0.25, 0.3) is 0 Å². The number of rotatable bonds is 0. The minimum atomic E-state index is -5.39. The first-order valence-corrected chi connectivity index (χ1v) is 2.92. The molecule has 5 nitrogen and oxygen atoms in total. The normalized spacial score (nSPS) is 7.22. The van der Waals surface area contributed by atoms with Crippen molar-refractivity contribution < 1.29 is 63.0 Å². The first kappa shape index (κ1) is 22.5. The molecule has 0 fully saturated rings. The summed E-state index contributed by atoms with van der Waals surface area (Å²) < 4.78 is 16.6. The predicted molar refractivity (Wildman–Crippen MR) is 14.0 cm³/mol. The van der Waals surface area contributed by atoms with Crippen LogP contribution in [0.5, 0.6) is 0 Å². The van der Waals surface area contributed by atoms with Gasteiger partial charge >= 0.3 is 81.5 Å². The van der Waals surface area contributed by atoms with Crippen LogP contribution < -0.4 is 14.7 Å². The Morgan fingerprint density at radius 2 is 1.11 bits per heavy atom. The Labute approximate surface area is 107 Å². The molecule has 0 aliphatic rings. The van der Waals surface area contributed by atoms with Crippen LogP contribution in [0.3, 0.4) is 0 Å². The Morgan fingerprint density at radius 3 is 1.11 bits per heavy atom. The van der Waals surface area contributed by atoms with Gasteiger partial charge in [-0.3, -0.25) is 0 Å². The van der Waals surface area contributed by atoms with Gasteiger partial charge in [-0.05, 0) is 0 Å². The molecular formula is AgCaO5PZn+. The Kier molecular flexibility index (Phi) is 32.9. The molecule has 0 atom stereocenters. The first-order valence-electron chi connectivity index (χ1n) is 0.853. The standard InChI is InChI=1S/Ag.Ca.H3O4P.O.Zn/c;;1-5(2,3)4;;/h;;(H3,1,2,3,4);;/q;+2;;;+2/p-3. The molecule has 0 aliphatic carbocycles. The second-order valence-electron chi connectivity index (χ2n) is 0.447. The van der Waals surface area contributed by atoms with E-state index in [1.54, 1.807) is 21.0 Å². The minimum Gasteiger partial charge on any atom is 2.00 e. The average molecular weight is 324 g/mol. The molecule has 0 saturated carbocycles. The molecule has 49 valence electrons. The summed E-state index contributed by atoms with van der Waals surface area (Å²) in [5, 5.41) is 0. The van der Waals surface area contributed by atoms with E-state index in [9.17, 15) is 0 Å². The van der Waals surface area contributed by atoms with Crippen LogP contribution in [-0.4, -0.2) is 37.7 Å². The zero-order valence-corrected chi connectivity index (χ0v) is 11.8. The van der Waals surface area contributed by atoms with Gasteiger partial charge in [-0.2, -0.15) is 7.82 Å². The van der Waals surface area contributed by atoms with Gasteiger partial charge in [-0.15, -0.1) is 0 Å². The van der Waals surface area contributed by atoms with Crippen molar-refractivity contribution in [3.05, 3.63) is 0 Å². The molecule has 9 heavy (non-hydrogen) atoms. The summed E-state index contributed by atoms with van der Waals surface area (Å²) >= 11 is 1.70. The van der Waals surface area contributed by atoms with Crippen LogP contribution in [-0.2, 0) is 48.3 Å². The van der Waals surface area contributed by atoms with Gasteiger partial charge in [0.1, 0.15) is 0 Å². The van der Waals surface area contributed by atoms with E-state index in [1.807, 2.05) is 0 Å². The largest absolute Gasteiger partial charge is 2.00 e. The second kappa shape index (κ2) is 13.1. The summed E-state index contributed by atoms with van der Waals surface area (Å²) in [6.07, 6.45) is 0. The molecule has 9 heteroatoms. The van der Waals surface area contributed by atoms with E-state index in [0.717, 1.165) is 0 Å². The van der Waals surface area contributed by atoms with Crippen molar-refractivity contribution in [2.24, 2.45) is 0 Å². The van der Waals surface area contributed by atoms with Crippen LogP contribution in [0, 0.1) is 0 Å². The van der Waals surface area contributed by atoms with E-state index >= 15 is 0 Å². The number of hydrogen-bond donors (Lipinski definition) is 0. The summed E-state index contributed by atoms with van der Waals surface area (Å²) in [5.41, 5.74) is 0. The van der Waals surface area contributed by atoms with Gasteiger partial charge in [0.2, 0.25) is 0 Å². The fourth-order valence-electron chi connectivity index (χ4n) is 0. The summed E-state index contributed by atoms with van der Waals surface area (Å²) in [5.74, 6) is 0. The van der Waals surface area contributed by atoms with Gasteiger partial charge in [-0.25, -0.2) is 0 Å². The van der Waals surface area contributed by atoms with E-state index in [0.29, 0.717) is 0 Å². The molecule has 0 N–H and O–H groups in total. The van der Waals surface area contributed by atoms with Crippen LogP contribution in [0.2, 0.25) is 0 Å². The fraction of sp³-hybridized carbons (Fsp3) is 0. The molecule has 0 aromatic rings. The third-order valence-corrected chi connectivity index (χ3v) is 0. The van der Waals surface area contributed by atoms with Crippen molar-refractivity contribution in [3.8, 4) is 0 Å². The van der Waals surface area contributed by atoms with E-state index in [2.05, 4.69) is 0 Å². The van der Waals surface area contributed by atoms with Gasteiger partial charge in [0.15, 0.2) is 0 Å². The zero-order valence-electron chi connectivity index (χ0n) is 4.20. The second-order valence-corrected chi connectivity index (χ2v) is 1.34. The molecule has 0 aliphatic heterocycles. The van der Waals surface area contributed by atoms with Crippen LogP contribution in [0.1, 0.15) is 0 Å². The summed E-state index contributed by atoms with van der Waals surface area (Å²) in [6.45, 7) is 0. The fourth-order valence-corrected chi connectivity index (χ4v) is 0. The van der Waals surface area contributed by atoms with E-state index in [-0.39, 0.29) is 57.2 Å². The van der Waals surface area contributed by atoms with Crippen molar-refractivity contribution in [1.82, 2.24) is 0 Å². The number of hydrogen-bond acceptors (Lipinski definition) is 5. The molecule has 0 radical (unpaired) electrons. The van der Waals surface area contributed by atoms with Crippen molar-refractivity contribution in [2.75, 3.05) is 0 Å². The molecule has 0 aromatic heterocycles. The Bertz CT molecular complexity index is 72.8. The van der Waals surface area contributed by atoms with Crippen LogP contribution >= 0.6 is 7.82 Å². The molecular weight excluding hydrogens is 324 g/mol. The van der Waals surface area contributed by atoms with Crippen molar-refractivity contribution in [2.45, 2.75) is 0 Å². The van der Waals surface area contributed by atoms with Crippen molar-refractivity contribution >= 4 is 45.6 Å². The molecule has 0 aromatic carbocycles. The first-order chi connectivity index (χ1) is 3.00. The molecule has 0 spiro atoms. The Morgan fingerprint density at radius 1 is 1.11 bits per heavy atom. The molecule has 0 rings (SSSR count). The molecule has 0 heterocycles. The van der Waals surface area contributed by atoms with Crippen molar-refractivity contribution in [3.63, 3.8) is 0 Å².